The minimum absolute atomic E-state index is 0.128. The van der Waals surface area contributed by atoms with Crippen LogP contribution in [0.15, 0.2) is 60.7 Å². The Hall–Kier alpha value is -3.08. The first-order chi connectivity index (χ1) is 12.1. The second kappa shape index (κ2) is 6.09. The van der Waals surface area contributed by atoms with Gasteiger partial charge in [0.1, 0.15) is 5.82 Å². The smallest absolute Gasteiger partial charge is 0.166 e. The van der Waals surface area contributed by atoms with E-state index in [1.165, 1.54) is 18.2 Å². The zero-order chi connectivity index (χ0) is 17.4. The fourth-order valence-corrected chi connectivity index (χ4v) is 3.29. The number of nitrogens with one attached hydrogen (secondary N) is 1. The summed E-state index contributed by atoms with van der Waals surface area (Å²) < 4.78 is 13.3. The quantitative estimate of drug-likeness (QED) is 0.747. The number of aromatic amines is 1. The van der Waals surface area contributed by atoms with Gasteiger partial charge < -0.3 is 0 Å². The zero-order valence-corrected chi connectivity index (χ0v) is 13.3. The molecule has 124 valence electrons. The van der Waals surface area contributed by atoms with Gasteiger partial charge in [0, 0.05) is 11.8 Å². The predicted octanol–water partition coefficient (Wildman–Crippen LogP) is 3.35. The molecule has 0 radical (unpaired) electrons. The second-order valence-corrected chi connectivity index (χ2v) is 6.17. The Morgan fingerprint density at radius 2 is 1.88 bits per heavy atom. The molecule has 3 aromatic rings. The van der Waals surface area contributed by atoms with E-state index in [0.717, 1.165) is 10.9 Å². The summed E-state index contributed by atoms with van der Waals surface area (Å²) >= 11 is 0. The van der Waals surface area contributed by atoms with E-state index in [2.05, 4.69) is 10.2 Å². The number of nitrogens with zero attached hydrogens (tertiary/aromatic N) is 1. The number of rotatable bonds is 3. The van der Waals surface area contributed by atoms with E-state index in [9.17, 15) is 14.0 Å². The average molecular weight is 334 g/mol. The molecule has 2 atom stereocenters. The first kappa shape index (κ1) is 15.4. The van der Waals surface area contributed by atoms with E-state index in [1.807, 2.05) is 30.3 Å². The van der Waals surface area contributed by atoms with Crippen LogP contribution in [0.25, 0.3) is 10.9 Å². The molecule has 4 nitrogen and oxygen atoms in total. The molecule has 2 unspecified atom stereocenters. The molecule has 4 rings (SSSR count). The molecule has 1 aliphatic rings. The molecule has 0 saturated heterocycles. The van der Waals surface area contributed by atoms with Gasteiger partial charge in [0.05, 0.1) is 23.0 Å². The Balaban J connectivity index is 1.66. The summed E-state index contributed by atoms with van der Waals surface area (Å²) in [5.74, 6) is -1.90. The summed E-state index contributed by atoms with van der Waals surface area (Å²) in [4.78, 5) is 25.2. The van der Waals surface area contributed by atoms with Crippen molar-refractivity contribution in [2.45, 2.75) is 12.3 Å². The van der Waals surface area contributed by atoms with Crippen LogP contribution in [-0.2, 0) is 16.0 Å². The third-order valence-electron chi connectivity index (χ3n) is 4.61. The van der Waals surface area contributed by atoms with Crippen LogP contribution in [0.2, 0.25) is 0 Å². The zero-order valence-electron chi connectivity index (χ0n) is 13.3. The highest BCUT2D eigenvalue weighted by Gasteiger charge is 2.35. The molecule has 5 heteroatoms. The van der Waals surface area contributed by atoms with Crippen LogP contribution in [-0.4, -0.2) is 21.8 Å². The average Bonchev–Trinajstić information content (AvgIpc) is 3.01. The highest BCUT2D eigenvalue weighted by atomic mass is 19.1. The van der Waals surface area contributed by atoms with Crippen molar-refractivity contribution in [3.63, 3.8) is 0 Å². The minimum atomic E-state index is -0.772. The summed E-state index contributed by atoms with van der Waals surface area (Å²) in [6.45, 7) is 0. The van der Waals surface area contributed by atoms with E-state index in [1.54, 1.807) is 12.1 Å². The normalized spacial score (nSPS) is 20.4. The maximum absolute atomic E-state index is 13.3. The largest absolute Gasteiger partial charge is 0.298 e. The minimum Gasteiger partial charge on any atom is -0.298 e. The molecule has 0 aliphatic heterocycles. The molecule has 0 bridgehead atoms. The van der Waals surface area contributed by atoms with E-state index in [0.29, 0.717) is 11.2 Å². The van der Waals surface area contributed by atoms with Crippen molar-refractivity contribution >= 4 is 22.5 Å². The lowest BCUT2D eigenvalue weighted by atomic mass is 9.78. The summed E-state index contributed by atoms with van der Waals surface area (Å²) in [7, 11) is 0. The van der Waals surface area contributed by atoms with E-state index < -0.39 is 11.8 Å². The van der Waals surface area contributed by atoms with E-state index in [-0.39, 0.29) is 23.8 Å². The lowest BCUT2D eigenvalue weighted by Crippen LogP contribution is -2.32. The molecule has 1 aliphatic carbocycles. The standard InChI is InChI=1S/C20H15FN2O2/c21-13-6-7-15-17(10-13)22-23-18(15)11-16-19(24)9-8-14(20(16)25)12-4-2-1-3-5-12/h1-10,14,16H,11H2,(H,22,23). The van der Waals surface area contributed by atoms with Crippen molar-refractivity contribution in [3.05, 3.63) is 77.8 Å². The Bertz CT molecular complexity index is 991. The fraction of sp³-hybridized carbons (Fsp3) is 0.150. The van der Waals surface area contributed by atoms with Crippen molar-refractivity contribution in [2.75, 3.05) is 0 Å². The molecule has 1 heterocycles. The molecule has 1 N–H and O–H groups in total. The van der Waals surface area contributed by atoms with Gasteiger partial charge in [-0.05, 0) is 29.8 Å². The number of halogens is 1. The predicted molar refractivity (Wildman–Crippen MR) is 91.6 cm³/mol. The SMILES string of the molecule is O=C1C=CC(c2ccccc2)C(=O)C1Cc1n[nH]c2cc(F)ccc12. The van der Waals surface area contributed by atoms with E-state index in [4.69, 9.17) is 0 Å². The first-order valence-corrected chi connectivity index (χ1v) is 8.07. The lowest BCUT2D eigenvalue weighted by Gasteiger charge is -2.22. The molecule has 1 aromatic heterocycles. The number of aromatic nitrogens is 2. The number of hydrogen-bond donors (Lipinski definition) is 1. The van der Waals surface area contributed by atoms with Gasteiger partial charge in [-0.1, -0.05) is 36.4 Å². The molecule has 2 aromatic carbocycles. The lowest BCUT2D eigenvalue weighted by molar-refractivity contribution is -0.131. The van der Waals surface area contributed by atoms with Gasteiger partial charge >= 0.3 is 0 Å². The van der Waals surface area contributed by atoms with Crippen molar-refractivity contribution in [3.8, 4) is 0 Å². The van der Waals surface area contributed by atoms with Gasteiger partial charge in [-0.3, -0.25) is 14.7 Å². The van der Waals surface area contributed by atoms with Gasteiger partial charge in [-0.25, -0.2) is 4.39 Å². The van der Waals surface area contributed by atoms with Crippen LogP contribution >= 0.6 is 0 Å². The van der Waals surface area contributed by atoms with Crippen LogP contribution < -0.4 is 0 Å². The molecule has 0 amide bonds. The maximum atomic E-state index is 13.3. The number of allylic oxidation sites excluding steroid dienone is 2. The van der Waals surface area contributed by atoms with Gasteiger partial charge in [-0.15, -0.1) is 0 Å². The number of carbonyl (C=O) groups excluding carboxylic acids is 2. The Labute approximate surface area is 143 Å². The van der Waals surface area contributed by atoms with Gasteiger partial charge in [0.15, 0.2) is 11.6 Å². The van der Waals surface area contributed by atoms with Crippen LogP contribution in [0, 0.1) is 11.7 Å². The van der Waals surface area contributed by atoms with Gasteiger partial charge in [0.2, 0.25) is 0 Å². The summed E-state index contributed by atoms with van der Waals surface area (Å²) in [6.07, 6.45) is 3.35. The second-order valence-electron chi connectivity index (χ2n) is 6.17. The Morgan fingerprint density at radius 3 is 2.68 bits per heavy atom. The molecule has 0 fully saturated rings. The summed E-state index contributed by atoms with van der Waals surface area (Å²) in [5, 5.41) is 7.67. The molecule has 0 spiro atoms. The fourth-order valence-electron chi connectivity index (χ4n) is 3.29. The third kappa shape index (κ3) is 2.78. The van der Waals surface area contributed by atoms with Crippen LogP contribution in [0.4, 0.5) is 4.39 Å². The number of benzene rings is 2. The van der Waals surface area contributed by atoms with Gasteiger partial charge in [0.25, 0.3) is 0 Å². The van der Waals surface area contributed by atoms with Crippen LogP contribution in [0.3, 0.4) is 0 Å². The maximum Gasteiger partial charge on any atom is 0.166 e. The molecular weight excluding hydrogens is 319 g/mol. The van der Waals surface area contributed by atoms with Crippen LogP contribution in [0.1, 0.15) is 17.2 Å². The van der Waals surface area contributed by atoms with Gasteiger partial charge in [-0.2, -0.15) is 5.10 Å². The number of carbonyl (C=O) groups is 2. The summed E-state index contributed by atoms with van der Waals surface area (Å²) in [6, 6.07) is 13.7. The van der Waals surface area contributed by atoms with Crippen molar-refractivity contribution in [1.82, 2.24) is 10.2 Å². The monoisotopic (exact) mass is 334 g/mol. The van der Waals surface area contributed by atoms with E-state index >= 15 is 0 Å². The first-order valence-electron chi connectivity index (χ1n) is 8.07. The Kier molecular flexibility index (Phi) is 3.76. The van der Waals surface area contributed by atoms with Crippen molar-refractivity contribution in [1.29, 1.82) is 0 Å². The van der Waals surface area contributed by atoms with Crippen molar-refractivity contribution in [2.24, 2.45) is 5.92 Å². The topological polar surface area (TPSA) is 62.8 Å². The Morgan fingerprint density at radius 1 is 1.08 bits per heavy atom. The highest BCUT2D eigenvalue weighted by Crippen LogP contribution is 2.29. The molecule has 25 heavy (non-hydrogen) atoms. The summed E-state index contributed by atoms with van der Waals surface area (Å²) in [5.41, 5.74) is 2.03. The number of H-pyrrole nitrogens is 1. The number of ketones is 2. The number of hydrogen-bond acceptors (Lipinski definition) is 3. The van der Waals surface area contributed by atoms with Crippen LogP contribution in [0.5, 0.6) is 0 Å². The third-order valence-corrected chi connectivity index (χ3v) is 4.61. The van der Waals surface area contributed by atoms with Crippen molar-refractivity contribution < 1.29 is 14.0 Å². The number of fused-ring (bicyclic) bond motifs is 1. The highest BCUT2D eigenvalue weighted by molar-refractivity contribution is 6.13. The molecular formula is C20H15FN2O2. The number of Topliss-reactive ketones (excluding diaryl/α,β-unsaturated/α-hetero) is 1. The molecule has 0 saturated carbocycles.